The standard InChI is InChI=1S/C32H40BrN3O7/c1-31(2,3)36-16-9-5-8-14-23(38)42-19-22(20-12-6-4-7-13-20)34-28(39)24-25-29(40)35(15-10-11-17-37)27(30(36)41)32(25)18-21(33)26(24)43-32/h4-7,9,12-13,18,22,24-27,37H,8,10-11,14-17,19H2,1-3H3,(H,34,39)/b9-5-/t22-,24-,25+,26-,27-,32+/m1/s1. The number of allylic oxidation sites excluding steroid dienone is 1. The number of aliphatic hydroxyl groups is 1. The molecule has 1 aromatic rings. The Morgan fingerprint density at radius 2 is 1.81 bits per heavy atom. The molecule has 0 saturated carbocycles. The van der Waals surface area contributed by atoms with Crippen LogP contribution in [0.25, 0.3) is 0 Å². The fraction of sp³-hybridized carbons (Fsp3) is 0.562. The molecule has 11 heteroatoms. The van der Waals surface area contributed by atoms with E-state index in [1.54, 1.807) is 15.9 Å². The molecule has 0 unspecified atom stereocenters. The van der Waals surface area contributed by atoms with Crippen molar-refractivity contribution in [3.05, 3.63) is 58.6 Å². The monoisotopic (exact) mass is 657 g/mol. The molecule has 5 rings (SSSR count). The number of benzene rings is 1. The van der Waals surface area contributed by atoms with Gasteiger partial charge in [-0.25, -0.2) is 0 Å². The van der Waals surface area contributed by atoms with Crippen LogP contribution in [0.1, 0.15) is 58.1 Å². The summed E-state index contributed by atoms with van der Waals surface area (Å²) in [5, 5.41) is 12.5. The van der Waals surface area contributed by atoms with Crippen LogP contribution < -0.4 is 5.32 Å². The van der Waals surface area contributed by atoms with E-state index in [1.807, 2.05) is 63.3 Å². The number of fused-ring (bicyclic) bond motifs is 2. The number of nitrogens with one attached hydrogen (secondary N) is 1. The minimum Gasteiger partial charge on any atom is -0.463 e. The Hall–Kier alpha value is -3.02. The van der Waals surface area contributed by atoms with Crippen LogP contribution in [0.4, 0.5) is 0 Å². The number of hydrogen-bond acceptors (Lipinski definition) is 7. The molecular weight excluding hydrogens is 618 g/mol. The molecule has 43 heavy (non-hydrogen) atoms. The Labute approximate surface area is 260 Å². The van der Waals surface area contributed by atoms with Crippen LogP contribution in [0.5, 0.6) is 0 Å². The lowest BCUT2D eigenvalue weighted by Gasteiger charge is -2.41. The van der Waals surface area contributed by atoms with Crippen LogP contribution in [0.2, 0.25) is 0 Å². The molecule has 4 aliphatic rings. The number of ether oxygens (including phenoxy) is 2. The highest BCUT2D eigenvalue weighted by Crippen LogP contribution is 2.58. The van der Waals surface area contributed by atoms with E-state index in [9.17, 15) is 24.3 Å². The van der Waals surface area contributed by atoms with E-state index < -0.39 is 53.0 Å². The summed E-state index contributed by atoms with van der Waals surface area (Å²) in [5.74, 6) is -3.24. The lowest BCUT2D eigenvalue weighted by atomic mass is 9.73. The minimum absolute atomic E-state index is 0.0331. The topological polar surface area (TPSA) is 125 Å². The third-order valence-corrected chi connectivity index (χ3v) is 9.42. The quantitative estimate of drug-likeness (QED) is 0.283. The van der Waals surface area contributed by atoms with Gasteiger partial charge in [0.2, 0.25) is 17.7 Å². The average molecular weight is 659 g/mol. The van der Waals surface area contributed by atoms with Gasteiger partial charge in [-0.05, 0) is 51.7 Å². The molecule has 2 fully saturated rings. The number of aliphatic hydroxyl groups excluding tert-OH is 1. The second kappa shape index (κ2) is 12.5. The van der Waals surface area contributed by atoms with E-state index in [4.69, 9.17) is 9.47 Å². The van der Waals surface area contributed by atoms with E-state index in [2.05, 4.69) is 21.2 Å². The first-order valence-corrected chi connectivity index (χ1v) is 15.7. The Kier molecular flexibility index (Phi) is 9.15. The van der Waals surface area contributed by atoms with E-state index in [1.165, 1.54) is 0 Å². The third kappa shape index (κ3) is 5.91. The van der Waals surface area contributed by atoms with E-state index >= 15 is 0 Å². The SMILES string of the molecule is CC(C)(C)N1C/C=C\CCC(=O)OC[C@H](c2ccccc2)NC(=O)[C@H]2[C@@H]3O[C@@]4(C=C3Br)[C@@H]2C(=O)N(CCCCO)[C@@H]4C1=O. The maximum Gasteiger partial charge on any atom is 0.306 e. The smallest absolute Gasteiger partial charge is 0.306 e. The number of unbranched alkanes of at least 4 members (excludes halogenated alkanes) is 1. The van der Waals surface area contributed by atoms with Gasteiger partial charge in [-0.15, -0.1) is 0 Å². The number of carbonyl (C=O) groups excluding carboxylic acids is 4. The molecule has 1 spiro atoms. The molecule has 5 bridgehead atoms. The molecule has 232 valence electrons. The van der Waals surface area contributed by atoms with Crippen LogP contribution in [0, 0.1) is 11.8 Å². The predicted octanol–water partition coefficient (Wildman–Crippen LogP) is 3.01. The molecule has 0 radical (unpaired) electrons. The van der Waals surface area contributed by atoms with Crippen molar-refractivity contribution in [1.82, 2.24) is 15.1 Å². The highest BCUT2D eigenvalue weighted by atomic mass is 79.9. The predicted molar refractivity (Wildman–Crippen MR) is 162 cm³/mol. The molecular formula is C32H40BrN3O7. The summed E-state index contributed by atoms with van der Waals surface area (Å²) in [7, 11) is 0. The first-order valence-electron chi connectivity index (χ1n) is 14.9. The summed E-state index contributed by atoms with van der Waals surface area (Å²) in [6.45, 7) is 6.20. The summed E-state index contributed by atoms with van der Waals surface area (Å²) in [5.41, 5.74) is -1.18. The van der Waals surface area contributed by atoms with Crippen molar-refractivity contribution >= 4 is 39.6 Å². The number of esters is 1. The largest absolute Gasteiger partial charge is 0.463 e. The van der Waals surface area contributed by atoms with Gasteiger partial charge in [0.1, 0.15) is 24.4 Å². The molecule has 10 nitrogen and oxygen atoms in total. The van der Waals surface area contributed by atoms with Gasteiger partial charge in [0.25, 0.3) is 0 Å². The van der Waals surface area contributed by atoms with Gasteiger partial charge in [-0.3, -0.25) is 19.2 Å². The minimum atomic E-state index is -1.34. The number of rotatable bonds is 5. The molecule has 2 saturated heterocycles. The van der Waals surface area contributed by atoms with Crippen molar-refractivity contribution in [3.63, 3.8) is 0 Å². The van der Waals surface area contributed by atoms with Gasteiger partial charge in [-0.1, -0.05) is 58.4 Å². The zero-order valence-corrected chi connectivity index (χ0v) is 26.4. The van der Waals surface area contributed by atoms with Crippen LogP contribution >= 0.6 is 15.9 Å². The number of nitrogens with zero attached hydrogens (tertiary/aromatic N) is 2. The number of hydrogen-bond donors (Lipinski definition) is 2. The van der Waals surface area contributed by atoms with Crippen LogP contribution in [-0.2, 0) is 28.7 Å². The Bertz CT molecular complexity index is 1310. The molecule has 6 atom stereocenters. The fourth-order valence-corrected chi connectivity index (χ4v) is 7.43. The van der Waals surface area contributed by atoms with Gasteiger partial charge in [0, 0.05) is 36.1 Å². The molecule has 0 aromatic heterocycles. The van der Waals surface area contributed by atoms with Crippen molar-refractivity contribution in [3.8, 4) is 0 Å². The molecule has 2 N–H and O–H groups in total. The summed E-state index contributed by atoms with van der Waals surface area (Å²) in [6, 6.07) is 7.60. The average Bonchev–Trinajstić information content (AvgIpc) is 3.55. The highest BCUT2D eigenvalue weighted by Gasteiger charge is 2.74. The van der Waals surface area contributed by atoms with Crippen LogP contribution in [0.3, 0.4) is 0 Å². The number of carbonyl (C=O) groups is 4. The molecule has 4 aliphatic heterocycles. The molecule has 4 heterocycles. The Morgan fingerprint density at radius 1 is 1.07 bits per heavy atom. The number of cyclic esters (lactones) is 1. The lowest BCUT2D eigenvalue weighted by molar-refractivity contribution is -0.150. The van der Waals surface area contributed by atoms with Crippen LogP contribution in [0.15, 0.2) is 53.0 Å². The first kappa shape index (κ1) is 31.4. The maximum atomic E-state index is 14.6. The fourth-order valence-electron chi connectivity index (χ4n) is 6.69. The van der Waals surface area contributed by atoms with E-state index in [0.29, 0.717) is 23.7 Å². The highest BCUT2D eigenvalue weighted by molar-refractivity contribution is 9.11. The Morgan fingerprint density at radius 3 is 2.51 bits per heavy atom. The summed E-state index contributed by atoms with van der Waals surface area (Å²) in [6.07, 6.45) is 6.32. The van der Waals surface area contributed by atoms with Gasteiger partial charge >= 0.3 is 5.97 Å². The normalized spacial score (nSPS) is 32.4. The van der Waals surface area contributed by atoms with Crippen molar-refractivity contribution in [1.29, 1.82) is 0 Å². The van der Waals surface area contributed by atoms with Gasteiger partial charge < -0.3 is 29.7 Å². The zero-order valence-electron chi connectivity index (χ0n) is 24.8. The van der Waals surface area contributed by atoms with E-state index in [-0.39, 0.29) is 44.5 Å². The first-order chi connectivity index (χ1) is 20.5. The molecule has 0 aliphatic carbocycles. The lowest BCUT2D eigenvalue weighted by Crippen LogP contribution is -2.59. The third-order valence-electron chi connectivity index (χ3n) is 8.74. The summed E-state index contributed by atoms with van der Waals surface area (Å²) < 4.78 is 12.8. The Balaban J connectivity index is 1.59. The van der Waals surface area contributed by atoms with Gasteiger partial charge in [0.05, 0.1) is 17.9 Å². The van der Waals surface area contributed by atoms with Crippen molar-refractivity contribution in [2.75, 3.05) is 26.3 Å². The maximum absolute atomic E-state index is 14.6. The molecule has 1 aromatic carbocycles. The number of halogens is 1. The second-order valence-corrected chi connectivity index (χ2v) is 13.5. The summed E-state index contributed by atoms with van der Waals surface area (Å²) >= 11 is 3.59. The second-order valence-electron chi connectivity index (χ2n) is 12.6. The van der Waals surface area contributed by atoms with Gasteiger partial charge in [0.15, 0.2) is 0 Å². The summed E-state index contributed by atoms with van der Waals surface area (Å²) in [4.78, 5) is 58.9. The zero-order chi connectivity index (χ0) is 30.9. The van der Waals surface area contributed by atoms with Gasteiger partial charge in [-0.2, -0.15) is 0 Å². The number of likely N-dealkylation sites (tertiary alicyclic amines) is 1. The van der Waals surface area contributed by atoms with Crippen molar-refractivity contribution < 1.29 is 33.8 Å². The van der Waals surface area contributed by atoms with Crippen molar-refractivity contribution in [2.45, 2.75) is 75.8 Å². The van der Waals surface area contributed by atoms with E-state index in [0.717, 1.165) is 5.56 Å². The van der Waals surface area contributed by atoms with Crippen LogP contribution in [-0.4, -0.2) is 88.2 Å². The van der Waals surface area contributed by atoms with Crippen molar-refractivity contribution in [2.24, 2.45) is 11.8 Å². The molecule has 3 amide bonds. The number of amides is 3.